The number of hydrogen-bond acceptors (Lipinski definition) is 5. The molecule has 0 atom stereocenters. The Morgan fingerprint density at radius 3 is 3.00 bits per heavy atom. The number of nitrogens with zero attached hydrogens (tertiary/aromatic N) is 3. The minimum atomic E-state index is -0.232. The van der Waals surface area contributed by atoms with E-state index in [0.717, 1.165) is 0 Å². The number of aromatic amines is 1. The number of H-pyrrole nitrogens is 1. The summed E-state index contributed by atoms with van der Waals surface area (Å²) in [6.45, 7) is 0. The Bertz CT molecular complexity index is 523. The fourth-order valence-corrected chi connectivity index (χ4v) is 1.06. The fourth-order valence-electron chi connectivity index (χ4n) is 1.06. The van der Waals surface area contributed by atoms with Gasteiger partial charge in [-0.1, -0.05) is 0 Å². The Kier molecular flexibility index (Phi) is 2.40. The molecule has 0 fully saturated rings. The molecule has 1 N–H and O–H groups in total. The van der Waals surface area contributed by atoms with E-state index in [2.05, 4.69) is 19.9 Å². The van der Waals surface area contributed by atoms with Crippen molar-refractivity contribution in [3.05, 3.63) is 35.0 Å². The van der Waals surface area contributed by atoms with Gasteiger partial charge in [0.25, 0.3) is 5.56 Å². The Hall–Kier alpha value is -2.24. The third-order valence-electron chi connectivity index (χ3n) is 1.74. The molecule has 0 saturated heterocycles. The number of methoxy groups -OCH3 is 1. The molecule has 0 aromatic carbocycles. The molecule has 0 aliphatic carbocycles. The Labute approximate surface area is 85.0 Å². The minimum absolute atomic E-state index is 0.232. The maximum absolute atomic E-state index is 11.0. The second kappa shape index (κ2) is 3.87. The highest BCUT2D eigenvalue weighted by Crippen LogP contribution is 2.11. The Morgan fingerprint density at radius 1 is 1.40 bits per heavy atom. The zero-order valence-corrected chi connectivity index (χ0v) is 7.97. The minimum Gasteiger partial charge on any atom is -0.480 e. The largest absolute Gasteiger partial charge is 0.480 e. The first kappa shape index (κ1) is 9.32. The molecule has 6 heteroatoms. The van der Waals surface area contributed by atoms with Gasteiger partial charge < -0.3 is 9.72 Å². The monoisotopic (exact) mass is 204 g/mol. The van der Waals surface area contributed by atoms with Gasteiger partial charge in [-0.05, 0) is 0 Å². The van der Waals surface area contributed by atoms with Gasteiger partial charge in [0.05, 0.1) is 19.5 Å². The van der Waals surface area contributed by atoms with Crippen molar-refractivity contribution in [3.8, 4) is 17.4 Å². The zero-order valence-electron chi connectivity index (χ0n) is 7.97. The summed E-state index contributed by atoms with van der Waals surface area (Å²) in [6, 6.07) is 1.33. The highest BCUT2D eigenvalue weighted by Gasteiger charge is 2.03. The molecule has 0 spiro atoms. The van der Waals surface area contributed by atoms with E-state index in [1.807, 2.05) is 0 Å². The Morgan fingerprint density at radius 2 is 2.27 bits per heavy atom. The van der Waals surface area contributed by atoms with Crippen LogP contribution in [0.4, 0.5) is 0 Å². The summed E-state index contributed by atoms with van der Waals surface area (Å²) in [5.41, 5.74) is 0.233. The molecule has 0 unspecified atom stereocenters. The topological polar surface area (TPSA) is 80.8 Å². The van der Waals surface area contributed by atoms with Crippen molar-refractivity contribution in [2.75, 3.05) is 7.11 Å². The number of rotatable bonds is 2. The van der Waals surface area contributed by atoms with Crippen LogP contribution in [0.3, 0.4) is 0 Å². The molecule has 2 rings (SSSR count). The van der Waals surface area contributed by atoms with Crippen molar-refractivity contribution in [1.29, 1.82) is 0 Å². The van der Waals surface area contributed by atoms with Gasteiger partial charge in [0.15, 0.2) is 5.82 Å². The maximum Gasteiger partial charge on any atom is 0.251 e. The van der Waals surface area contributed by atoms with Gasteiger partial charge in [0, 0.05) is 12.3 Å². The lowest BCUT2D eigenvalue weighted by Gasteiger charge is -2.00. The highest BCUT2D eigenvalue weighted by molar-refractivity contribution is 5.47. The van der Waals surface area contributed by atoms with Crippen molar-refractivity contribution < 1.29 is 4.74 Å². The van der Waals surface area contributed by atoms with Gasteiger partial charge in [-0.15, -0.1) is 0 Å². The second-order valence-electron chi connectivity index (χ2n) is 2.73. The van der Waals surface area contributed by atoms with Crippen LogP contribution in [0.1, 0.15) is 0 Å². The van der Waals surface area contributed by atoms with Gasteiger partial charge in [-0.25, -0.2) is 9.97 Å². The summed E-state index contributed by atoms with van der Waals surface area (Å²) in [5, 5.41) is 0. The predicted octanol–water partition coefficient (Wildman–Crippen LogP) is 0.235. The van der Waals surface area contributed by atoms with Crippen LogP contribution in [0.5, 0.6) is 5.88 Å². The molecule has 0 amide bonds. The first-order valence-electron chi connectivity index (χ1n) is 4.21. The fraction of sp³-hybridized carbons (Fsp3) is 0.111. The van der Waals surface area contributed by atoms with Crippen LogP contribution in [0.2, 0.25) is 0 Å². The first-order chi connectivity index (χ1) is 7.29. The normalized spacial score (nSPS) is 9.93. The molecule has 76 valence electrons. The lowest BCUT2D eigenvalue weighted by atomic mass is 10.4. The molecule has 2 heterocycles. The average molecular weight is 204 g/mol. The van der Waals surface area contributed by atoms with Crippen LogP contribution in [-0.4, -0.2) is 27.0 Å². The average Bonchev–Trinajstić information content (AvgIpc) is 2.29. The summed E-state index contributed by atoms with van der Waals surface area (Å²) in [4.78, 5) is 25.6. The van der Waals surface area contributed by atoms with Crippen LogP contribution >= 0.6 is 0 Å². The Balaban J connectivity index is 2.49. The van der Waals surface area contributed by atoms with Crippen molar-refractivity contribution >= 4 is 0 Å². The molecule has 6 nitrogen and oxygen atoms in total. The number of hydrogen-bond donors (Lipinski definition) is 1. The van der Waals surface area contributed by atoms with Crippen LogP contribution in [0.25, 0.3) is 11.5 Å². The van der Waals surface area contributed by atoms with E-state index in [9.17, 15) is 4.79 Å². The summed E-state index contributed by atoms with van der Waals surface area (Å²) in [5.74, 6) is 0.743. The van der Waals surface area contributed by atoms with Crippen LogP contribution in [-0.2, 0) is 0 Å². The lowest BCUT2D eigenvalue weighted by Crippen LogP contribution is -2.06. The van der Waals surface area contributed by atoms with E-state index >= 15 is 0 Å². The zero-order chi connectivity index (χ0) is 10.7. The second-order valence-corrected chi connectivity index (χ2v) is 2.73. The van der Waals surface area contributed by atoms with E-state index in [4.69, 9.17) is 4.74 Å². The molecular weight excluding hydrogens is 196 g/mol. The van der Waals surface area contributed by atoms with E-state index in [1.165, 1.54) is 31.8 Å². The quantitative estimate of drug-likeness (QED) is 0.757. The number of aromatic nitrogens is 4. The van der Waals surface area contributed by atoms with Gasteiger partial charge >= 0.3 is 0 Å². The maximum atomic E-state index is 11.0. The molecule has 0 saturated carbocycles. The van der Waals surface area contributed by atoms with E-state index in [-0.39, 0.29) is 5.56 Å². The van der Waals surface area contributed by atoms with Gasteiger partial charge in [0.1, 0.15) is 5.69 Å². The first-order valence-corrected chi connectivity index (χ1v) is 4.21. The van der Waals surface area contributed by atoms with Crippen LogP contribution < -0.4 is 10.3 Å². The molecule has 0 bridgehead atoms. The van der Waals surface area contributed by atoms with Crippen LogP contribution in [0, 0.1) is 0 Å². The molecule has 0 radical (unpaired) electrons. The molecule has 2 aromatic heterocycles. The van der Waals surface area contributed by atoms with Crippen molar-refractivity contribution in [3.63, 3.8) is 0 Å². The third kappa shape index (κ3) is 1.98. The highest BCUT2D eigenvalue weighted by atomic mass is 16.5. The summed E-state index contributed by atoms with van der Waals surface area (Å²) in [7, 11) is 1.49. The van der Waals surface area contributed by atoms with Crippen molar-refractivity contribution in [2.24, 2.45) is 0 Å². The molecule has 0 aliphatic heterocycles. The van der Waals surface area contributed by atoms with Crippen molar-refractivity contribution in [1.82, 2.24) is 19.9 Å². The third-order valence-corrected chi connectivity index (χ3v) is 1.74. The summed E-state index contributed by atoms with van der Waals surface area (Å²) >= 11 is 0. The predicted molar refractivity (Wildman–Crippen MR) is 52.4 cm³/mol. The van der Waals surface area contributed by atoms with E-state index in [0.29, 0.717) is 17.4 Å². The molecule has 2 aromatic rings. The van der Waals surface area contributed by atoms with Gasteiger partial charge in [-0.2, -0.15) is 0 Å². The standard InChI is InChI=1S/C9H8N4O2/c1-15-8-5-10-4-6(12-8)9-11-3-2-7(14)13-9/h2-5H,1H3,(H,11,13,14). The molecule has 0 aliphatic rings. The van der Waals surface area contributed by atoms with Gasteiger partial charge in [0.2, 0.25) is 5.88 Å². The summed E-state index contributed by atoms with van der Waals surface area (Å²) < 4.78 is 4.91. The SMILES string of the molecule is COc1cncc(-c2nccc(=O)[nH]2)n1. The van der Waals surface area contributed by atoms with Crippen LogP contribution in [0.15, 0.2) is 29.5 Å². The summed E-state index contributed by atoms with van der Waals surface area (Å²) in [6.07, 6.45) is 4.39. The van der Waals surface area contributed by atoms with E-state index < -0.39 is 0 Å². The van der Waals surface area contributed by atoms with Gasteiger partial charge in [-0.3, -0.25) is 9.78 Å². The smallest absolute Gasteiger partial charge is 0.251 e. The van der Waals surface area contributed by atoms with Crippen molar-refractivity contribution in [2.45, 2.75) is 0 Å². The lowest BCUT2D eigenvalue weighted by molar-refractivity contribution is 0.396. The number of ether oxygens (including phenoxy) is 1. The van der Waals surface area contributed by atoms with E-state index in [1.54, 1.807) is 0 Å². The molecular formula is C9H8N4O2. The number of nitrogens with one attached hydrogen (secondary N) is 1. The molecule has 15 heavy (non-hydrogen) atoms.